The van der Waals surface area contributed by atoms with Crippen LogP contribution in [0.4, 0.5) is 17.3 Å². The molecule has 3 rings (SSSR count). The van der Waals surface area contributed by atoms with E-state index in [1.165, 1.54) is 11.3 Å². The number of hydrogen-bond donors (Lipinski definition) is 3. The highest BCUT2D eigenvalue weighted by Gasteiger charge is 2.07. The summed E-state index contributed by atoms with van der Waals surface area (Å²) in [5, 5.41) is 19.1. The number of nitrogens with zero attached hydrogens (tertiary/aromatic N) is 3. The number of nitrogens with one attached hydrogen (secondary N) is 3. The third-order valence-corrected chi connectivity index (χ3v) is 4.80. The van der Waals surface area contributed by atoms with Crippen LogP contribution in [0.1, 0.15) is 9.67 Å². The van der Waals surface area contributed by atoms with Crippen molar-refractivity contribution >= 4 is 50.5 Å². The molecule has 0 atom stereocenters. The maximum atomic E-state index is 11.9. The van der Waals surface area contributed by atoms with Crippen molar-refractivity contribution in [3.63, 3.8) is 0 Å². The number of hydrogen-bond acceptors (Lipinski definition) is 7. The molecule has 0 aliphatic carbocycles. The van der Waals surface area contributed by atoms with Gasteiger partial charge in [0.2, 0.25) is 0 Å². The largest absolute Gasteiger partial charge is 0.367 e. The zero-order valence-electron chi connectivity index (χ0n) is 13.1. The molecular formula is C16H15BrN6OS. The fourth-order valence-corrected chi connectivity index (χ4v) is 3.31. The molecule has 9 heteroatoms. The van der Waals surface area contributed by atoms with Crippen molar-refractivity contribution in [2.45, 2.75) is 0 Å². The van der Waals surface area contributed by atoms with Crippen LogP contribution in [0.25, 0.3) is 0 Å². The minimum atomic E-state index is -0.0837. The van der Waals surface area contributed by atoms with Gasteiger partial charge in [0, 0.05) is 29.1 Å². The molecule has 0 aliphatic rings. The van der Waals surface area contributed by atoms with Crippen LogP contribution in [0.3, 0.4) is 0 Å². The van der Waals surface area contributed by atoms with Gasteiger partial charge >= 0.3 is 0 Å². The first-order chi connectivity index (χ1) is 12.2. The highest BCUT2D eigenvalue weighted by atomic mass is 79.9. The number of anilines is 3. The highest BCUT2D eigenvalue weighted by molar-refractivity contribution is 9.10. The molecule has 25 heavy (non-hydrogen) atoms. The van der Waals surface area contributed by atoms with Crippen LogP contribution in [-0.4, -0.2) is 34.2 Å². The molecule has 0 fully saturated rings. The molecule has 3 heterocycles. The molecule has 0 spiro atoms. The second-order valence-electron chi connectivity index (χ2n) is 4.98. The molecule has 7 nitrogen and oxygen atoms in total. The lowest BCUT2D eigenvalue weighted by Gasteiger charge is -2.07. The SMILES string of the molecule is O=C(NCCNc1ccc(Nc2cccnc2)nn1)c1cc(Br)cs1. The summed E-state index contributed by atoms with van der Waals surface area (Å²) in [4.78, 5) is 16.6. The second-order valence-corrected chi connectivity index (χ2v) is 6.81. The Hall–Kier alpha value is -2.52. The third kappa shape index (κ3) is 5.23. The number of thiophene rings is 1. The normalized spacial score (nSPS) is 10.3. The summed E-state index contributed by atoms with van der Waals surface area (Å²) in [6.07, 6.45) is 3.42. The van der Waals surface area contributed by atoms with Gasteiger partial charge < -0.3 is 16.0 Å². The summed E-state index contributed by atoms with van der Waals surface area (Å²) < 4.78 is 0.913. The van der Waals surface area contributed by atoms with E-state index in [1.807, 2.05) is 29.6 Å². The minimum Gasteiger partial charge on any atom is -0.367 e. The molecule has 0 aliphatic heterocycles. The van der Waals surface area contributed by atoms with Crippen molar-refractivity contribution in [1.82, 2.24) is 20.5 Å². The summed E-state index contributed by atoms with van der Waals surface area (Å²) in [6, 6.07) is 9.19. The van der Waals surface area contributed by atoms with Crippen LogP contribution in [0.15, 0.2) is 52.6 Å². The average molecular weight is 419 g/mol. The Morgan fingerprint density at radius 2 is 2.00 bits per heavy atom. The van der Waals surface area contributed by atoms with Gasteiger partial charge in [-0.2, -0.15) is 0 Å². The van der Waals surface area contributed by atoms with E-state index in [1.54, 1.807) is 18.5 Å². The zero-order chi connectivity index (χ0) is 17.5. The van der Waals surface area contributed by atoms with Gasteiger partial charge in [0.25, 0.3) is 5.91 Å². The van der Waals surface area contributed by atoms with Crippen molar-refractivity contribution in [3.05, 3.63) is 57.5 Å². The molecule has 1 amide bonds. The molecule has 0 aromatic carbocycles. The lowest BCUT2D eigenvalue weighted by molar-refractivity contribution is 0.0959. The Morgan fingerprint density at radius 3 is 2.68 bits per heavy atom. The van der Waals surface area contributed by atoms with Gasteiger partial charge in [0.05, 0.1) is 16.8 Å². The van der Waals surface area contributed by atoms with Gasteiger partial charge in [0.1, 0.15) is 5.82 Å². The average Bonchev–Trinajstić information content (AvgIpc) is 3.07. The summed E-state index contributed by atoms with van der Waals surface area (Å²) in [5.41, 5.74) is 0.848. The monoisotopic (exact) mass is 418 g/mol. The Bertz CT molecular complexity index is 824. The van der Waals surface area contributed by atoms with E-state index in [0.717, 1.165) is 10.2 Å². The highest BCUT2D eigenvalue weighted by Crippen LogP contribution is 2.19. The second kappa shape index (κ2) is 8.54. The van der Waals surface area contributed by atoms with E-state index < -0.39 is 0 Å². The fourth-order valence-electron chi connectivity index (χ4n) is 1.96. The zero-order valence-corrected chi connectivity index (χ0v) is 15.5. The molecule has 3 N–H and O–H groups in total. The maximum Gasteiger partial charge on any atom is 0.261 e. The topological polar surface area (TPSA) is 91.8 Å². The van der Waals surface area contributed by atoms with Gasteiger partial charge in [-0.1, -0.05) is 0 Å². The Balaban J connectivity index is 1.42. The van der Waals surface area contributed by atoms with Crippen molar-refractivity contribution in [1.29, 1.82) is 0 Å². The van der Waals surface area contributed by atoms with Gasteiger partial charge in [-0.25, -0.2) is 0 Å². The van der Waals surface area contributed by atoms with E-state index in [0.29, 0.717) is 29.6 Å². The van der Waals surface area contributed by atoms with Crippen LogP contribution in [-0.2, 0) is 0 Å². The quantitative estimate of drug-likeness (QED) is 0.509. The Morgan fingerprint density at radius 1 is 1.16 bits per heavy atom. The summed E-state index contributed by atoms with van der Waals surface area (Å²) in [7, 11) is 0. The number of halogens is 1. The Kier molecular flexibility index (Phi) is 5.91. The van der Waals surface area contributed by atoms with E-state index in [4.69, 9.17) is 0 Å². The number of aromatic nitrogens is 3. The minimum absolute atomic E-state index is 0.0837. The van der Waals surface area contributed by atoms with E-state index >= 15 is 0 Å². The van der Waals surface area contributed by atoms with E-state index in [9.17, 15) is 4.79 Å². The van der Waals surface area contributed by atoms with Gasteiger partial charge in [-0.3, -0.25) is 9.78 Å². The predicted molar refractivity (Wildman–Crippen MR) is 102 cm³/mol. The standard InChI is InChI=1S/C16H15BrN6OS/c17-11-8-13(25-10-11)16(24)20-7-6-19-14-3-4-15(23-22-14)21-12-2-1-5-18-9-12/h1-5,8-10H,6-7H2,(H,19,22)(H,20,24)(H,21,23). The van der Waals surface area contributed by atoms with Gasteiger partial charge in [-0.15, -0.1) is 21.5 Å². The maximum absolute atomic E-state index is 11.9. The van der Waals surface area contributed by atoms with Crippen molar-refractivity contribution < 1.29 is 4.79 Å². The molecule has 0 saturated carbocycles. The molecule has 0 saturated heterocycles. The van der Waals surface area contributed by atoms with Crippen LogP contribution in [0.2, 0.25) is 0 Å². The number of pyridine rings is 1. The van der Waals surface area contributed by atoms with Crippen LogP contribution in [0.5, 0.6) is 0 Å². The number of carbonyl (C=O) groups excluding carboxylic acids is 1. The lowest BCUT2D eigenvalue weighted by Crippen LogP contribution is -2.28. The molecule has 3 aromatic rings. The first-order valence-electron chi connectivity index (χ1n) is 7.47. The first kappa shape index (κ1) is 17.3. The van der Waals surface area contributed by atoms with Gasteiger partial charge in [0.15, 0.2) is 5.82 Å². The fraction of sp³-hybridized carbons (Fsp3) is 0.125. The van der Waals surface area contributed by atoms with Crippen LogP contribution >= 0.6 is 27.3 Å². The van der Waals surface area contributed by atoms with Crippen molar-refractivity contribution in [3.8, 4) is 0 Å². The van der Waals surface area contributed by atoms with E-state index in [-0.39, 0.29) is 5.91 Å². The molecule has 3 aromatic heterocycles. The molecule has 0 radical (unpaired) electrons. The lowest BCUT2D eigenvalue weighted by atomic mass is 10.4. The predicted octanol–water partition coefficient (Wildman–Crippen LogP) is 3.28. The van der Waals surface area contributed by atoms with Crippen molar-refractivity contribution in [2.24, 2.45) is 0 Å². The summed E-state index contributed by atoms with van der Waals surface area (Å²) in [6.45, 7) is 1.05. The smallest absolute Gasteiger partial charge is 0.261 e. The number of carbonyl (C=O) groups is 1. The number of rotatable bonds is 7. The molecule has 0 unspecified atom stereocenters. The van der Waals surface area contributed by atoms with Gasteiger partial charge in [-0.05, 0) is 46.3 Å². The first-order valence-corrected chi connectivity index (χ1v) is 9.15. The summed E-state index contributed by atoms with van der Waals surface area (Å²) in [5.74, 6) is 1.19. The molecule has 0 bridgehead atoms. The van der Waals surface area contributed by atoms with Crippen LogP contribution in [0, 0.1) is 0 Å². The molecule has 128 valence electrons. The van der Waals surface area contributed by atoms with Crippen LogP contribution < -0.4 is 16.0 Å². The Labute approximate surface area is 157 Å². The number of amides is 1. The van der Waals surface area contributed by atoms with Crippen molar-refractivity contribution in [2.75, 3.05) is 23.7 Å². The third-order valence-electron chi connectivity index (χ3n) is 3.11. The van der Waals surface area contributed by atoms with E-state index in [2.05, 4.69) is 47.1 Å². The summed E-state index contributed by atoms with van der Waals surface area (Å²) >= 11 is 4.73. The molecular weight excluding hydrogens is 404 g/mol.